The summed E-state index contributed by atoms with van der Waals surface area (Å²) in [6.45, 7) is 3.77. The number of carbonyl (C=O) groups is 1. The molecular weight excluding hydrogens is 537 g/mol. The first-order valence-corrected chi connectivity index (χ1v) is 13.7. The van der Waals surface area contributed by atoms with Crippen LogP contribution in [-0.4, -0.2) is 26.9 Å². The van der Waals surface area contributed by atoms with Gasteiger partial charge >= 0.3 is 0 Å². The van der Waals surface area contributed by atoms with E-state index in [-0.39, 0.29) is 29.9 Å². The van der Waals surface area contributed by atoms with Crippen molar-refractivity contribution in [3.8, 4) is 22.2 Å². The minimum Gasteiger partial charge on any atom is -0.453 e. The topological polar surface area (TPSA) is 69.0 Å². The van der Waals surface area contributed by atoms with Gasteiger partial charge in [0, 0.05) is 38.7 Å². The van der Waals surface area contributed by atoms with Crippen molar-refractivity contribution in [3.63, 3.8) is 0 Å². The number of fused-ring (bicyclic) bond motifs is 1. The lowest BCUT2D eigenvalue weighted by Crippen LogP contribution is -2.16. The number of ketones is 1. The molecule has 0 saturated carbocycles. The maximum Gasteiger partial charge on any atom is 0.166 e. The molecule has 206 valence electrons. The molecule has 0 amide bonds. The van der Waals surface area contributed by atoms with Gasteiger partial charge in [-0.2, -0.15) is 0 Å². The lowest BCUT2D eigenvalue weighted by molar-refractivity contribution is -0.117. The van der Waals surface area contributed by atoms with Gasteiger partial charge in [-0.15, -0.1) is 11.3 Å². The van der Waals surface area contributed by atoms with Crippen molar-refractivity contribution in [2.24, 2.45) is 7.05 Å². The molecule has 0 aliphatic rings. The van der Waals surface area contributed by atoms with E-state index >= 15 is 4.39 Å². The molecule has 2 aromatic carbocycles. The first-order valence-electron chi connectivity index (χ1n) is 12.8. The van der Waals surface area contributed by atoms with Crippen molar-refractivity contribution < 1.29 is 22.7 Å². The normalized spacial score (nSPS) is 11.3. The molecule has 5 rings (SSSR count). The maximum atomic E-state index is 15.0. The van der Waals surface area contributed by atoms with Gasteiger partial charge in [0.05, 0.1) is 27.0 Å². The number of imidazole rings is 1. The number of hydrogen-bond donors (Lipinski definition) is 1. The number of halogens is 3. The zero-order chi connectivity index (χ0) is 28.2. The first-order chi connectivity index (χ1) is 19.3. The summed E-state index contributed by atoms with van der Waals surface area (Å²) in [5, 5.41) is 3.38. The molecule has 1 N–H and O–H groups in total. The highest BCUT2D eigenvalue weighted by molar-refractivity contribution is 7.22. The van der Waals surface area contributed by atoms with Gasteiger partial charge in [-0.3, -0.25) is 9.78 Å². The van der Waals surface area contributed by atoms with Gasteiger partial charge in [0.2, 0.25) is 0 Å². The monoisotopic (exact) mass is 564 g/mol. The molecule has 0 aliphatic carbocycles. The highest BCUT2D eigenvalue weighted by Crippen LogP contribution is 2.39. The Morgan fingerprint density at radius 2 is 1.85 bits per heavy atom. The van der Waals surface area contributed by atoms with E-state index in [0.29, 0.717) is 16.8 Å². The minimum absolute atomic E-state index is 0.00361. The van der Waals surface area contributed by atoms with Crippen LogP contribution in [0.15, 0.2) is 60.9 Å². The summed E-state index contributed by atoms with van der Waals surface area (Å²) in [5.74, 6) is -1.03. The van der Waals surface area contributed by atoms with Gasteiger partial charge in [-0.1, -0.05) is 13.0 Å². The number of carbonyl (C=O) groups excluding carboxylic acids is 1. The Morgan fingerprint density at radius 1 is 1.00 bits per heavy atom. The molecule has 0 fully saturated rings. The molecule has 0 bridgehead atoms. The summed E-state index contributed by atoms with van der Waals surface area (Å²) < 4.78 is 51.0. The maximum absolute atomic E-state index is 15.0. The molecule has 0 atom stereocenters. The van der Waals surface area contributed by atoms with Crippen molar-refractivity contribution in [1.29, 1.82) is 0 Å². The standard InChI is InChI=1S/C30H27F3N4O2S/c1-3-9-34-16-21-17-36-30(37(21)2)28-15-25-29(40-28)27(8-10-35-25)39-26-7-4-18(12-24(26)33)11-22(38)14-19-13-20(31)5-6-23(19)32/h4-8,10,12-13,15,17,34H,3,9,11,14,16H2,1-2H3. The quantitative estimate of drug-likeness (QED) is 0.180. The highest BCUT2D eigenvalue weighted by atomic mass is 32.1. The smallest absolute Gasteiger partial charge is 0.166 e. The fourth-order valence-electron chi connectivity index (χ4n) is 4.37. The molecule has 6 nitrogen and oxygen atoms in total. The summed E-state index contributed by atoms with van der Waals surface area (Å²) in [6.07, 6.45) is 4.09. The van der Waals surface area contributed by atoms with E-state index in [1.54, 1.807) is 18.3 Å². The number of thiophene rings is 1. The summed E-state index contributed by atoms with van der Waals surface area (Å²) in [5.41, 5.74) is 2.15. The number of nitrogens with one attached hydrogen (secondary N) is 1. The van der Waals surface area contributed by atoms with Crippen molar-refractivity contribution >= 4 is 27.3 Å². The van der Waals surface area contributed by atoms with Gasteiger partial charge in [0.1, 0.15) is 29.0 Å². The number of hydrogen-bond acceptors (Lipinski definition) is 6. The Labute approximate surface area is 233 Å². The van der Waals surface area contributed by atoms with Crippen molar-refractivity contribution in [3.05, 3.63) is 95.2 Å². The van der Waals surface area contributed by atoms with E-state index in [4.69, 9.17) is 4.74 Å². The summed E-state index contributed by atoms with van der Waals surface area (Å²) in [7, 11) is 1.97. The van der Waals surface area contributed by atoms with Crippen LogP contribution in [0.4, 0.5) is 13.2 Å². The first kappa shape index (κ1) is 27.5. The zero-order valence-corrected chi connectivity index (χ0v) is 22.8. The molecule has 10 heteroatoms. The molecule has 40 heavy (non-hydrogen) atoms. The largest absolute Gasteiger partial charge is 0.453 e. The Morgan fingerprint density at radius 3 is 2.65 bits per heavy atom. The molecule has 3 heterocycles. The second kappa shape index (κ2) is 12.0. The Bertz CT molecular complexity index is 1680. The SMILES string of the molecule is CCCNCc1cnc(-c2cc3nccc(Oc4ccc(CC(=O)Cc5cc(F)ccc5F)cc4F)c3s2)n1C. The second-order valence-electron chi connectivity index (χ2n) is 9.44. The van der Waals surface area contributed by atoms with Crippen LogP contribution in [0.2, 0.25) is 0 Å². The van der Waals surface area contributed by atoms with Crippen molar-refractivity contribution in [2.45, 2.75) is 32.7 Å². The van der Waals surface area contributed by atoms with E-state index in [0.717, 1.165) is 58.8 Å². The van der Waals surface area contributed by atoms with Crippen LogP contribution in [0.25, 0.3) is 20.9 Å². The van der Waals surface area contributed by atoms with Crippen LogP contribution in [0.1, 0.15) is 30.2 Å². The molecule has 0 unspecified atom stereocenters. The second-order valence-corrected chi connectivity index (χ2v) is 10.5. The Balaban J connectivity index is 1.31. The van der Waals surface area contributed by atoms with Crippen molar-refractivity contribution in [2.75, 3.05) is 6.54 Å². The average Bonchev–Trinajstić information content (AvgIpc) is 3.52. The summed E-state index contributed by atoms with van der Waals surface area (Å²) in [4.78, 5) is 22.4. The van der Waals surface area contributed by atoms with Gasteiger partial charge in [0.15, 0.2) is 11.6 Å². The third-order valence-electron chi connectivity index (χ3n) is 6.43. The van der Waals surface area contributed by atoms with Crippen LogP contribution in [-0.2, 0) is 31.2 Å². The van der Waals surface area contributed by atoms with E-state index < -0.39 is 17.5 Å². The molecule has 0 spiro atoms. The number of rotatable bonds is 11. The number of aromatic nitrogens is 3. The third-order valence-corrected chi connectivity index (χ3v) is 7.56. The summed E-state index contributed by atoms with van der Waals surface area (Å²) >= 11 is 1.46. The molecule has 5 aromatic rings. The van der Waals surface area contributed by atoms with Gasteiger partial charge in [-0.25, -0.2) is 18.2 Å². The van der Waals surface area contributed by atoms with E-state index in [1.165, 1.54) is 23.5 Å². The molecule has 3 aromatic heterocycles. The zero-order valence-electron chi connectivity index (χ0n) is 22.0. The molecule has 0 radical (unpaired) electrons. The number of nitrogens with zero attached hydrogens (tertiary/aromatic N) is 3. The Hall–Kier alpha value is -4.02. The molecule has 0 saturated heterocycles. The van der Waals surface area contributed by atoms with Crippen LogP contribution in [0, 0.1) is 17.5 Å². The van der Waals surface area contributed by atoms with Crippen molar-refractivity contribution in [1.82, 2.24) is 19.9 Å². The van der Waals surface area contributed by atoms with E-state index in [1.807, 2.05) is 23.9 Å². The van der Waals surface area contributed by atoms with Crippen LogP contribution < -0.4 is 10.1 Å². The number of benzene rings is 2. The number of Topliss-reactive ketones (excluding diaryl/α,β-unsaturated/α-hetero) is 1. The third kappa shape index (κ3) is 6.08. The number of pyridine rings is 1. The molecule has 0 aliphatic heterocycles. The Kier molecular flexibility index (Phi) is 8.27. The molecular formula is C30H27F3N4O2S. The number of ether oxygens (including phenoxy) is 1. The fraction of sp³-hybridized carbons (Fsp3) is 0.233. The predicted octanol–water partition coefficient (Wildman–Crippen LogP) is 6.76. The van der Waals surface area contributed by atoms with Crippen LogP contribution in [0.5, 0.6) is 11.5 Å². The summed E-state index contributed by atoms with van der Waals surface area (Å²) in [6, 6.07) is 10.8. The van der Waals surface area contributed by atoms with Gasteiger partial charge < -0.3 is 14.6 Å². The average molecular weight is 565 g/mol. The van der Waals surface area contributed by atoms with Gasteiger partial charge in [0.25, 0.3) is 0 Å². The van der Waals surface area contributed by atoms with Gasteiger partial charge in [-0.05, 0) is 60.5 Å². The fourth-order valence-corrected chi connectivity index (χ4v) is 5.47. The van der Waals surface area contributed by atoms with Crippen LogP contribution >= 0.6 is 11.3 Å². The van der Waals surface area contributed by atoms with E-state index in [2.05, 4.69) is 22.2 Å². The lowest BCUT2D eigenvalue weighted by atomic mass is 10.0. The lowest BCUT2D eigenvalue weighted by Gasteiger charge is -2.09. The highest BCUT2D eigenvalue weighted by Gasteiger charge is 2.17. The van der Waals surface area contributed by atoms with E-state index in [9.17, 15) is 13.6 Å². The predicted molar refractivity (Wildman–Crippen MR) is 149 cm³/mol. The minimum atomic E-state index is -0.655. The van der Waals surface area contributed by atoms with Crippen LogP contribution in [0.3, 0.4) is 0 Å².